The Balaban J connectivity index is 1.72. The first-order chi connectivity index (χ1) is 10.3. The molecule has 0 saturated carbocycles. The molecule has 0 N–H and O–H groups in total. The molecular weight excluding hydrogens is 266 g/mol. The molecule has 1 atom stereocenters. The molecule has 21 heavy (non-hydrogen) atoms. The summed E-state index contributed by atoms with van der Waals surface area (Å²) in [7, 11) is 1.59. The molecule has 0 spiro atoms. The molecule has 0 aromatic heterocycles. The number of carbonyl (C=O) groups is 1. The summed E-state index contributed by atoms with van der Waals surface area (Å²) in [5.74, 6) is 0.646. The Kier molecular flexibility index (Phi) is 3.88. The third-order valence-electron chi connectivity index (χ3n) is 3.59. The van der Waals surface area contributed by atoms with Gasteiger partial charge in [-0.15, -0.1) is 0 Å². The fourth-order valence-corrected chi connectivity index (χ4v) is 2.44. The number of hydrogen-bond acceptors (Lipinski definition) is 3. The molecule has 1 saturated heterocycles. The van der Waals surface area contributed by atoms with Crippen LogP contribution >= 0.6 is 0 Å². The van der Waals surface area contributed by atoms with Crippen LogP contribution in [0.2, 0.25) is 0 Å². The van der Waals surface area contributed by atoms with Crippen molar-refractivity contribution in [3.8, 4) is 5.75 Å². The van der Waals surface area contributed by atoms with Gasteiger partial charge in [-0.1, -0.05) is 36.4 Å². The van der Waals surface area contributed by atoms with Gasteiger partial charge in [0.05, 0.1) is 13.7 Å². The molecule has 1 amide bonds. The molecule has 1 heterocycles. The van der Waals surface area contributed by atoms with Gasteiger partial charge in [0, 0.05) is 5.56 Å². The van der Waals surface area contributed by atoms with Crippen LogP contribution in [0, 0.1) is 0 Å². The number of hydrogen-bond donors (Lipinski definition) is 0. The maximum absolute atomic E-state index is 12.5. The van der Waals surface area contributed by atoms with Crippen molar-refractivity contribution in [3.63, 3.8) is 0 Å². The van der Waals surface area contributed by atoms with Crippen molar-refractivity contribution >= 4 is 5.91 Å². The van der Waals surface area contributed by atoms with E-state index in [4.69, 9.17) is 9.47 Å². The number of methoxy groups -OCH3 is 1. The van der Waals surface area contributed by atoms with Gasteiger partial charge in [0.25, 0.3) is 5.91 Å². The SMILES string of the molecule is COc1cccc(C(=O)N2COC(c3ccccc3)C2)c1. The summed E-state index contributed by atoms with van der Waals surface area (Å²) >= 11 is 0. The van der Waals surface area contributed by atoms with Crippen LogP contribution in [-0.2, 0) is 4.74 Å². The summed E-state index contributed by atoms with van der Waals surface area (Å²) in [6, 6.07) is 17.1. The minimum Gasteiger partial charge on any atom is -0.497 e. The van der Waals surface area contributed by atoms with E-state index in [1.165, 1.54) is 0 Å². The highest BCUT2D eigenvalue weighted by molar-refractivity contribution is 5.94. The first kappa shape index (κ1) is 13.6. The number of amides is 1. The zero-order valence-electron chi connectivity index (χ0n) is 11.9. The third-order valence-corrected chi connectivity index (χ3v) is 3.59. The molecule has 4 heteroatoms. The van der Waals surface area contributed by atoms with Gasteiger partial charge in [-0.2, -0.15) is 0 Å². The molecule has 108 valence electrons. The largest absolute Gasteiger partial charge is 0.497 e. The third kappa shape index (κ3) is 2.90. The zero-order valence-corrected chi connectivity index (χ0v) is 11.9. The second-order valence-electron chi connectivity index (χ2n) is 4.95. The summed E-state index contributed by atoms with van der Waals surface area (Å²) in [4.78, 5) is 14.2. The van der Waals surface area contributed by atoms with Gasteiger partial charge in [-0.25, -0.2) is 0 Å². The molecule has 4 nitrogen and oxygen atoms in total. The van der Waals surface area contributed by atoms with E-state index in [0.717, 1.165) is 5.56 Å². The molecular formula is C17H17NO3. The zero-order chi connectivity index (χ0) is 14.7. The number of rotatable bonds is 3. The summed E-state index contributed by atoms with van der Waals surface area (Å²) in [6.45, 7) is 0.885. The van der Waals surface area contributed by atoms with E-state index < -0.39 is 0 Å². The van der Waals surface area contributed by atoms with Gasteiger partial charge >= 0.3 is 0 Å². The molecule has 3 rings (SSSR count). The molecule has 0 radical (unpaired) electrons. The Labute approximate surface area is 123 Å². The summed E-state index contributed by atoms with van der Waals surface area (Å²) in [5.41, 5.74) is 1.71. The smallest absolute Gasteiger partial charge is 0.255 e. The number of carbonyl (C=O) groups excluding carboxylic acids is 1. The Hall–Kier alpha value is -2.33. The van der Waals surface area contributed by atoms with E-state index >= 15 is 0 Å². The summed E-state index contributed by atoms with van der Waals surface area (Å²) in [5, 5.41) is 0. The van der Waals surface area contributed by atoms with E-state index in [9.17, 15) is 4.79 Å². The number of benzene rings is 2. The van der Waals surface area contributed by atoms with Crippen LogP contribution in [0.15, 0.2) is 54.6 Å². The lowest BCUT2D eigenvalue weighted by molar-refractivity contribution is 0.0630. The van der Waals surface area contributed by atoms with Crippen LogP contribution in [0.3, 0.4) is 0 Å². The van der Waals surface area contributed by atoms with Gasteiger partial charge in [0.2, 0.25) is 0 Å². The standard InChI is InChI=1S/C17H17NO3/c1-20-15-9-5-8-14(10-15)17(19)18-11-16(21-12-18)13-6-3-2-4-7-13/h2-10,16H,11-12H2,1H3. The average molecular weight is 283 g/mol. The molecule has 0 bridgehead atoms. The molecule has 1 aliphatic heterocycles. The average Bonchev–Trinajstić information content (AvgIpc) is 3.05. The molecule has 2 aromatic rings. The van der Waals surface area contributed by atoms with Crippen LogP contribution < -0.4 is 4.74 Å². The Morgan fingerprint density at radius 2 is 2.00 bits per heavy atom. The van der Waals surface area contributed by atoms with Crippen molar-refractivity contribution < 1.29 is 14.3 Å². The van der Waals surface area contributed by atoms with Gasteiger partial charge in [0.1, 0.15) is 18.6 Å². The van der Waals surface area contributed by atoms with Crippen LogP contribution in [0.4, 0.5) is 0 Å². The number of nitrogens with zero attached hydrogens (tertiary/aromatic N) is 1. The van der Waals surface area contributed by atoms with Crippen molar-refractivity contribution in [2.24, 2.45) is 0 Å². The monoisotopic (exact) mass is 283 g/mol. The minimum atomic E-state index is -0.0549. The van der Waals surface area contributed by atoms with Crippen molar-refractivity contribution in [2.45, 2.75) is 6.10 Å². The van der Waals surface area contributed by atoms with E-state index in [1.807, 2.05) is 42.5 Å². The van der Waals surface area contributed by atoms with Gasteiger partial charge in [-0.3, -0.25) is 4.79 Å². The Morgan fingerprint density at radius 1 is 1.19 bits per heavy atom. The maximum atomic E-state index is 12.5. The number of ether oxygens (including phenoxy) is 2. The van der Waals surface area contributed by atoms with Gasteiger partial charge in [-0.05, 0) is 23.8 Å². The normalized spacial score (nSPS) is 17.8. The van der Waals surface area contributed by atoms with Crippen molar-refractivity contribution in [1.29, 1.82) is 0 Å². The highest BCUT2D eigenvalue weighted by atomic mass is 16.5. The van der Waals surface area contributed by atoms with Crippen molar-refractivity contribution in [3.05, 3.63) is 65.7 Å². The highest BCUT2D eigenvalue weighted by Crippen LogP contribution is 2.26. The van der Waals surface area contributed by atoms with E-state index in [2.05, 4.69) is 0 Å². The van der Waals surface area contributed by atoms with E-state index in [1.54, 1.807) is 24.1 Å². The predicted molar refractivity (Wildman–Crippen MR) is 79.2 cm³/mol. The minimum absolute atomic E-state index is 0.0349. The fourth-order valence-electron chi connectivity index (χ4n) is 2.44. The van der Waals surface area contributed by atoms with Crippen molar-refractivity contribution in [1.82, 2.24) is 4.90 Å². The Morgan fingerprint density at radius 3 is 2.76 bits per heavy atom. The molecule has 1 fully saturated rings. The maximum Gasteiger partial charge on any atom is 0.255 e. The second-order valence-corrected chi connectivity index (χ2v) is 4.95. The van der Waals surface area contributed by atoms with E-state index in [0.29, 0.717) is 24.6 Å². The van der Waals surface area contributed by atoms with Crippen LogP contribution in [-0.4, -0.2) is 31.2 Å². The van der Waals surface area contributed by atoms with Crippen molar-refractivity contribution in [2.75, 3.05) is 20.4 Å². The molecule has 1 unspecified atom stereocenters. The molecule has 0 aliphatic carbocycles. The first-order valence-corrected chi connectivity index (χ1v) is 6.88. The van der Waals surface area contributed by atoms with Gasteiger partial charge in [0.15, 0.2) is 0 Å². The lowest BCUT2D eigenvalue weighted by atomic mass is 10.1. The Bertz CT molecular complexity index is 627. The van der Waals surface area contributed by atoms with Crippen LogP contribution in [0.1, 0.15) is 22.0 Å². The topological polar surface area (TPSA) is 38.8 Å². The second kappa shape index (κ2) is 5.97. The summed E-state index contributed by atoms with van der Waals surface area (Å²) in [6.07, 6.45) is -0.0549. The first-order valence-electron chi connectivity index (χ1n) is 6.88. The molecule has 2 aromatic carbocycles. The quantitative estimate of drug-likeness (QED) is 0.869. The van der Waals surface area contributed by atoms with Crippen LogP contribution in [0.5, 0.6) is 5.75 Å². The lowest BCUT2D eigenvalue weighted by Gasteiger charge is -2.14. The summed E-state index contributed by atoms with van der Waals surface area (Å²) < 4.78 is 10.9. The predicted octanol–water partition coefficient (Wildman–Crippen LogP) is 2.87. The fraction of sp³-hybridized carbons (Fsp3) is 0.235. The van der Waals surface area contributed by atoms with Crippen LogP contribution in [0.25, 0.3) is 0 Å². The molecule has 1 aliphatic rings. The lowest BCUT2D eigenvalue weighted by Crippen LogP contribution is -2.28. The van der Waals surface area contributed by atoms with Gasteiger partial charge < -0.3 is 14.4 Å². The highest BCUT2D eigenvalue weighted by Gasteiger charge is 2.28. The van der Waals surface area contributed by atoms with E-state index in [-0.39, 0.29) is 12.0 Å².